The molecule has 9 rings (SSSR count). The lowest BCUT2D eigenvalue weighted by Crippen LogP contribution is -2.39. The van der Waals surface area contributed by atoms with Gasteiger partial charge in [0.25, 0.3) is 0 Å². The van der Waals surface area contributed by atoms with E-state index >= 15 is 0 Å². The van der Waals surface area contributed by atoms with Crippen molar-refractivity contribution in [2.24, 2.45) is 0 Å². The number of nitrogens with zero attached hydrogens (tertiary/aromatic N) is 6. The number of rotatable bonds is 21. The van der Waals surface area contributed by atoms with Gasteiger partial charge in [0.1, 0.15) is 59.4 Å². The summed E-state index contributed by atoms with van der Waals surface area (Å²) >= 11 is 0. The number of nitrogens with one attached hydrogen (secondary N) is 2. The van der Waals surface area contributed by atoms with Gasteiger partial charge in [-0.05, 0) is 87.9 Å². The lowest BCUT2D eigenvalue weighted by atomic mass is 9.83. The fraction of sp³-hybridized carbons (Fsp3) is 0.436. The number of phosphoric ester groups is 1. The van der Waals surface area contributed by atoms with E-state index in [4.69, 9.17) is 23.9 Å². The van der Waals surface area contributed by atoms with Gasteiger partial charge in [-0.2, -0.15) is 0 Å². The minimum Gasteiger partial charge on any atom is -0.744 e. The maximum atomic E-state index is 12.9. The van der Waals surface area contributed by atoms with Crippen LogP contribution in [0, 0.1) is 6.92 Å². The van der Waals surface area contributed by atoms with Gasteiger partial charge in [-0.1, -0.05) is 75.6 Å². The van der Waals surface area contributed by atoms with E-state index in [9.17, 15) is 32.3 Å². The van der Waals surface area contributed by atoms with Crippen LogP contribution in [0.15, 0.2) is 100 Å². The highest BCUT2D eigenvalue weighted by Gasteiger charge is 2.53. The molecule has 410 valence electrons. The largest absolute Gasteiger partial charge is 0.744 e. The summed E-state index contributed by atoms with van der Waals surface area (Å²) in [6, 6.07) is 21.1. The van der Waals surface area contributed by atoms with Crippen LogP contribution in [0.2, 0.25) is 0 Å². The molecule has 2 aromatic carbocycles. The van der Waals surface area contributed by atoms with Crippen LogP contribution in [-0.4, -0.2) is 106 Å². The smallest absolute Gasteiger partial charge is 0.472 e. The summed E-state index contributed by atoms with van der Waals surface area (Å²) in [5.74, 6) is 2.02. The molecule has 6 heterocycles. The number of phosphoric acid groups is 1. The average molecular weight is 1090 g/mol. The number of carbonyl (C=O) groups is 1. The molecule has 4 aromatic rings. The Labute approximate surface area is 448 Å². The zero-order valence-electron chi connectivity index (χ0n) is 44.1. The van der Waals surface area contributed by atoms with E-state index in [1.165, 1.54) is 18.5 Å². The molecule has 4 aliphatic heterocycles. The Morgan fingerprint density at radius 2 is 1.75 bits per heavy atom. The molecular weight excluding hydrogens is 1030 g/mol. The summed E-state index contributed by atoms with van der Waals surface area (Å²) in [5, 5.41) is 18.6. The van der Waals surface area contributed by atoms with Crippen LogP contribution in [0.3, 0.4) is 0 Å². The van der Waals surface area contributed by atoms with Crippen LogP contribution in [0.25, 0.3) is 39.9 Å². The number of nitrogen functional groups attached to an aromatic ring is 1. The predicted octanol–water partition coefficient (Wildman–Crippen LogP) is 7.62. The minimum absolute atomic E-state index is 0.0103. The highest BCUT2D eigenvalue weighted by Crippen LogP contribution is 2.53. The molecule has 5 aliphatic rings. The Hall–Kier alpha value is -6.29. The molecular formula is C55H68N9O11PS. The zero-order valence-corrected chi connectivity index (χ0v) is 45.8. The van der Waals surface area contributed by atoms with Crippen LogP contribution in [0.1, 0.15) is 102 Å². The SMILES string of the molecule is CC[N+](CC)=c1ccc2c(/C=C/C=C3/N(CCCCCC(=O)NCCCCCCNc4nc5c(N)ncnc5n4[C@@H]4O[C@@H]5COP(=O)(O)O[C@H]5[C@H]4O)c4ccc(S(=O)(=O)[O-])cc4C3(C)C)c(C)c(-c3ccccc3)oc-2c1. The minimum atomic E-state index is -4.69. The van der Waals surface area contributed by atoms with Gasteiger partial charge in [-0.25, -0.2) is 32.5 Å². The lowest BCUT2D eigenvalue weighted by molar-refractivity contribution is -0.121. The van der Waals surface area contributed by atoms with Gasteiger partial charge in [0, 0.05) is 65.6 Å². The lowest BCUT2D eigenvalue weighted by Gasteiger charge is -2.27. The summed E-state index contributed by atoms with van der Waals surface area (Å²) in [5.41, 5.74) is 12.6. The molecule has 0 spiro atoms. The number of aliphatic hydroxyl groups is 1. The molecule has 2 fully saturated rings. The predicted molar refractivity (Wildman–Crippen MR) is 292 cm³/mol. The number of benzene rings is 3. The van der Waals surface area contributed by atoms with Crippen molar-refractivity contribution in [1.82, 2.24) is 29.4 Å². The van der Waals surface area contributed by atoms with Gasteiger partial charge in [0.05, 0.1) is 17.6 Å². The first-order chi connectivity index (χ1) is 36.9. The fourth-order valence-corrected chi connectivity index (χ4v) is 12.1. The third-order valence-electron chi connectivity index (χ3n) is 14.8. The van der Waals surface area contributed by atoms with E-state index in [-0.39, 0.29) is 23.2 Å². The van der Waals surface area contributed by atoms with Crippen molar-refractivity contribution in [3.63, 3.8) is 0 Å². The van der Waals surface area contributed by atoms with Gasteiger partial charge >= 0.3 is 7.82 Å². The molecule has 1 unspecified atom stereocenters. The van der Waals surface area contributed by atoms with E-state index in [0.29, 0.717) is 49.6 Å². The van der Waals surface area contributed by atoms with Crippen molar-refractivity contribution in [3.8, 4) is 22.6 Å². The van der Waals surface area contributed by atoms with Crippen molar-refractivity contribution in [3.05, 3.63) is 113 Å². The van der Waals surface area contributed by atoms with Gasteiger partial charge in [0.2, 0.25) is 17.2 Å². The first-order valence-corrected chi connectivity index (χ1v) is 29.3. The van der Waals surface area contributed by atoms with Crippen molar-refractivity contribution in [2.75, 3.05) is 55.3 Å². The summed E-state index contributed by atoms with van der Waals surface area (Å²) in [6.45, 7) is 13.6. The number of carbonyl (C=O) groups excluding carboxylic acids is 1. The van der Waals surface area contributed by atoms with E-state index in [1.807, 2.05) is 50.3 Å². The van der Waals surface area contributed by atoms with Gasteiger partial charge < -0.3 is 45.0 Å². The second kappa shape index (κ2) is 23.4. The van der Waals surface area contributed by atoms with Crippen LogP contribution in [0.4, 0.5) is 17.5 Å². The van der Waals surface area contributed by atoms with Crippen molar-refractivity contribution < 1.29 is 50.5 Å². The Balaban J connectivity index is 0.789. The van der Waals surface area contributed by atoms with E-state index in [0.717, 1.165) is 108 Å². The standard InChI is InChI=1S/C55H68N9O11PS/c1-6-62(7-2)37-24-26-40-39(35(3)49(73-43(40)31-37)36-19-12-10-13-20-36)21-18-22-45-55(4,5)41-32-38(77(69,70)71)25-27-42(41)63(45)30-17-11-14-23-46(65)57-28-15-8-9-16-29-58-54-61-47-51(56)59-34-60-52(47)64(54)53-48(66)50-44(74-53)33-72-76(67,68)75-50/h10,12-13,18-22,24-27,31-32,34,44,48,50,53,66H,6-9,11,14-17,23,28-30,33H2,1-5H3,(H5-,56,57,58,59,60,61,65,67,68,69,70,71)/t44-,48-,50-,53-/m1/s1. The Bertz CT molecular complexity index is 3390. The number of unbranched alkanes of at least 4 members (excludes halogenated alkanes) is 5. The number of aromatic nitrogens is 4. The number of aliphatic hydroxyl groups excluding tert-OH is 1. The molecule has 0 bridgehead atoms. The molecule has 2 saturated heterocycles. The molecule has 0 saturated carbocycles. The quantitative estimate of drug-likeness (QED) is 0.0201. The number of ether oxygens (including phenoxy) is 1. The third-order valence-corrected chi connectivity index (χ3v) is 16.6. The van der Waals surface area contributed by atoms with E-state index in [2.05, 4.69) is 86.2 Å². The zero-order chi connectivity index (χ0) is 54.6. The highest BCUT2D eigenvalue weighted by atomic mass is 32.2. The first-order valence-electron chi connectivity index (χ1n) is 26.4. The van der Waals surface area contributed by atoms with Crippen LogP contribution in [-0.2, 0) is 38.7 Å². The number of anilines is 3. The monoisotopic (exact) mass is 1090 g/mol. The Kier molecular flexibility index (Phi) is 16.8. The number of imidazole rings is 1. The molecule has 20 nitrogen and oxygen atoms in total. The molecule has 5 atom stereocenters. The van der Waals surface area contributed by atoms with Crippen LogP contribution >= 0.6 is 7.82 Å². The van der Waals surface area contributed by atoms with Crippen molar-refractivity contribution in [2.45, 2.75) is 121 Å². The van der Waals surface area contributed by atoms with E-state index < -0.39 is 47.9 Å². The fourth-order valence-electron chi connectivity index (χ4n) is 10.7. The number of amides is 1. The Morgan fingerprint density at radius 3 is 2.51 bits per heavy atom. The van der Waals surface area contributed by atoms with Crippen molar-refractivity contribution in [1.29, 1.82) is 0 Å². The van der Waals surface area contributed by atoms with E-state index in [1.54, 1.807) is 10.6 Å². The molecule has 0 radical (unpaired) electrons. The van der Waals surface area contributed by atoms with Gasteiger partial charge in [0.15, 0.2) is 23.2 Å². The number of allylic oxidation sites excluding steroid dienone is 3. The van der Waals surface area contributed by atoms with Crippen LogP contribution < -0.4 is 31.2 Å². The molecule has 1 aliphatic carbocycles. The molecule has 2 aromatic heterocycles. The second-order valence-corrected chi connectivity index (χ2v) is 22.9. The summed E-state index contributed by atoms with van der Waals surface area (Å²) in [4.78, 5) is 37.7. The maximum absolute atomic E-state index is 12.9. The normalized spacial score (nSPS) is 21.6. The molecule has 22 heteroatoms. The number of nitrogens with two attached hydrogens (primary N) is 1. The number of fused-ring (bicyclic) bond motifs is 4. The van der Waals surface area contributed by atoms with Gasteiger partial charge in [-0.3, -0.25) is 18.4 Å². The average Bonchev–Trinajstić information content (AvgIpc) is 4.06. The second-order valence-electron chi connectivity index (χ2n) is 20.1. The topological polar surface area (TPSA) is 273 Å². The summed E-state index contributed by atoms with van der Waals surface area (Å²) < 4.78 is 75.3. The van der Waals surface area contributed by atoms with Crippen molar-refractivity contribution >= 4 is 58.5 Å². The highest BCUT2D eigenvalue weighted by molar-refractivity contribution is 7.85. The summed E-state index contributed by atoms with van der Waals surface area (Å²) in [6.07, 6.45) is 9.12. The molecule has 77 heavy (non-hydrogen) atoms. The number of hydrogen-bond acceptors (Lipinski definition) is 16. The third kappa shape index (κ3) is 11.9. The first kappa shape index (κ1) is 55.5. The molecule has 6 N–H and O–H groups in total. The molecule has 1 amide bonds. The van der Waals surface area contributed by atoms with Crippen LogP contribution in [0.5, 0.6) is 0 Å². The Morgan fingerprint density at radius 1 is 1.00 bits per heavy atom. The number of hydrogen-bond donors (Lipinski definition) is 5. The van der Waals surface area contributed by atoms with Gasteiger partial charge in [-0.15, -0.1) is 0 Å². The summed E-state index contributed by atoms with van der Waals surface area (Å²) in [7, 11) is -9.02. The maximum Gasteiger partial charge on any atom is 0.472 e.